The van der Waals surface area contributed by atoms with Crippen LogP contribution in [0.25, 0.3) is 11.3 Å². The van der Waals surface area contributed by atoms with Crippen LogP contribution in [0, 0.1) is 6.92 Å². The lowest BCUT2D eigenvalue weighted by Gasteiger charge is -2.09. The van der Waals surface area contributed by atoms with E-state index in [0.717, 1.165) is 22.6 Å². The Morgan fingerprint density at radius 3 is 2.71 bits per heavy atom. The van der Waals surface area contributed by atoms with E-state index < -0.39 is 0 Å². The van der Waals surface area contributed by atoms with Crippen LogP contribution >= 0.6 is 11.6 Å². The molecule has 0 aliphatic heterocycles. The number of hydrogen-bond acceptors (Lipinski definition) is 3. The second kappa shape index (κ2) is 5.94. The normalized spacial score (nSPS) is 10.4. The molecular formula is C17H13ClN2O. The van der Waals surface area contributed by atoms with Gasteiger partial charge < -0.3 is 4.74 Å². The van der Waals surface area contributed by atoms with Crippen molar-refractivity contribution < 1.29 is 4.74 Å². The lowest BCUT2D eigenvalue weighted by atomic mass is 10.1. The van der Waals surface area contributed by atoms with Crippen molar-refractivity contribution in [3.8, 4) is 22.8 Å². The Bertz CT molecular complexity index is 760. The number of benzene rings is 2. The van der Waals surface area contributed by atoms with Crippen LogP contribution in [0.2, 0.25) is 5.02 Å². The highest BCUT2D eigenvalue weighted by Crippen LogP contribution is 2.31. The van der Waals surface area contributed by atoms with Crippen LogP contribution in [-0.4, -0.2) is 9.97 Å². The molecule has 0 N–H and O–H groups in total. The summed E-state index contributed by atoms with van der Waals surface area (Å²) in [5.74, 6) is 1.36. The van der Waals surface area contributed by atoms with Crippen LogP contribution in [0.4, 0.5) is 0 Å². The zero-order valence-corrected chi connectivity index (χ0v) is 12.2. The fourth-order valence-corrected chi connectivity index (χ4v) is 2.27. The number of ether oxygens (including phenoxy) is 1. The van der Waals surface area contributed by atoms with E-state index in [2.05, 4.69) is 9.97 Å². The van der Waals surface area contributed by atoms with Crippen molar-refractivity contribution in [1.82, 2.24) is 9.97 Å². The van der Waals surface area contributed by atoms with E-state index in [1.54, 1.807) is 6.20 Å². The minimum absolute atomic E-state index is 0.599. The SMILES string of the molecule is Cc1ccc(Oc2cccc(-c3ccncn3)c2)c(Cl)c1. The molecule has 21 heavy (non-hydrogen) atoms. The second-order valence-electron chi connectivity index (χ2n) is 4.66. The van der Waals surface area contributed by atoms with Gasteiger partial charge in [-0.3, -0.25) is 0 Å². The van der Waals surface area contributed by atoms with Gasteiger partial charge >= 0.3 is 0 Å². The van der Waals surface area contributed by atoms with Crippen LogP contribution < -0.4 is 4.74 Å². The molecule has 1 aromatic heterocycles. The molecule has 0 atom stereocenters. The highest BCUT2D eigenvalue weighted by molar-refractivity contribution is 6.32. The first-order chi connectivity index (χ1) is 10.2. The monoisotopic (exact) mass is 296 g/mol. The van der Waals surface area contributed by atoms with Crippen molar-refractivity contribution in [3.05, 3.63) is 71.6 Å². The van der Waals surface area contributed by atoms with Crippen LogP contribution in [-0.2, 0) is 0 Å². The smallest absolute Gasteiger partial charge is 0.146 e. The van der Waals surface area contributed by atoms with Gasteiger partial charge in [-0.2, -0.15) is 0 Å². The highest BCUT2D eigenvalue weighted by atomic mass is 35.5. The topological polar surface area (TPSA) is 35.0 Å². The molecule has 0 aliphatic rings. The molecule has 104 valence electrons. The lowest BCUT2D eigenvalue weighted by molar-refractivity contribution is 0.483. The molecule has 0 saturated heterocycles. The molecule has 0 radical (unpaired) electrons. The van der Waals surface area contributed by atoms with E-state index in [9.17, 15) is 0 Å². The van der Waals surface area contributed by atoms with Crippen molar-refractivity contribution in [3.63, 3.8) is 0 Å². The van der Waals surface area contributed by atoms with Crippen molar-refractivity contribution in [2.45, 2.75) is 6.92 Å². The van der Waals surface area contributed by atoms with Crippen LogP contribution in [0.5, 0.6) is 11.5 Å². The molecule has 2 aromatic carbocycles. The van der Waals surface area contributed by atoms with Crippen molar-refractivity contribution in [2.24, 2.45) is 0 Å². The van der Waals surface area contributed by atoms with E-state index in [0.29, 0.717) is 10.8 Å². The summed E-state index contributed by atoms with van der Waals surface area (Å²) < 4.78 is 5.85. The third-order valence-electron chi connectivity index (χ3n) is 3.03. The lowest BCUT2D eigenvalue weighted by Crippen LogP contribution is -1.88. The minimum Gasteiger partial charge on any atom is -0.456 e. The number of halogens is 1. The van der Waals surface area contributed by atoms with Gasteiger partial charge in [0.05, 0.1) is 10.7 Å². The average Bonchev–Trinajstić information content (AvgIpc) is 2.51. The van der Waals surface area contributed by atoms with E-state index in [-0.39, 0.29) is 0 Å². The summed E-state index contributed by atoms with van der Waals surface area (Å²) in [7, 11) is 0. The minimum atomic E-state index is 0.599. The summed E-state index contributed by atoms with van der Waals surface area (Å²) in [6.45, 7) is 1.99. The van der Waals surface area contributed by atoms with Crippen molar-refractivity contribution in [2.75, 3.05) is 0 Å². The fourth-order valence-electron chi connectivity index (χ4n) is 2.00. The number of aryl methyl sites for hydroxylation is 1. The van der Waals surface area contributed by atoms with Crippen molar-refractivity contribution >= 4 is 11.6 Å². The van der Waals surface area contributed by atoms with Gasteiger partial charge in [-0.25, -0.2) is 9.97 Å². The third kappa shape index (κ3) is 3.20. The summed E-state index contributed by atoms with van der Waals surface area (Å²) in [6.07, 6.45) is 3.24. The maximum absolute atomic E-state index is 6.19. The van der Waals surface area contributed by atoms with Crippen LogP contribution in [0.1, 0.15) is 5.56 Å². The molecule has 0 spiro atoms. The predicted molar refractivity (Wildman–Crippen MR) is 83.7 cm³/mol. The Morgan fingerprint density at radius 1 is 1.05 bits per heavy atom. The quantitative estimate of drug-likeness (QED) is 0.689. The van der Waals surface area contributed by atoms with Crippen LogP contribution in [0.15, 0.2) is 61.1 Å². The number of rotatable bonds is 3. The summed E-state index contributed by atoms with van der Waals surface area (Å²) in [5.41, 5.74) is 2.92. The maximum Gasteiger partial charge on any atom is 0.146 e. The third-order valence-corrected chi connectivity index (χ3v) is 3.32. The molecule has 0 fully saturated rings. The number of aromatic nitrogens is 2. The summed E-state index contributed by atoms with van der Waals surface area (Å²) in [5, 5.41) is 0.599. The van der Waals surface area contributed by atoms with Gasteiger partial charge in [0, 0.05) is 11.8 Å². The molecule has 0 saturated carbocycles. The Labute approximate surface area is 128 Å². The molecule has 3 nitrogen and oxygen atoms in total. The summed E-state index contributed by atoms with van der Waals surface area (Å²) >= 11 is 6.19. The molecule has 0 aliphatic carbocycles. The molecule has 1 heterocycles. The molecule has 0 amide bonds. The van der Waals surface area contributed by atoms with E-state index in [4.69, 9.17) is 16.3 Å². The zero-order chi connectivity index (χ0) is 14.7. The standard InChI is InChI=1S/C17H13ClN2O/c1-12-5-6-17(15(18)9-12)21-14-4-2-3-13(10-14)16-7-8-19-11-20-16/h2-11H,1H3. The Kier molecular flexibility index (Phi) is 3.84. The fraction of sp³-hybridized carbons (Fsp3) is 0.0588. The Hall–Kier alpha value is -2.39. The largest absolute Gasteiger partial charge is 0.456 e. The van der Waals surface area contributed by atoms with Gasteiger partial charge in [0.15, 0.2) is 0 Å². The number of hydrogen-bond donors (Lipinski definition) is 0. The van der Waals surface area contributed by atoms with E-state index in [1.165, 1.54) is 6.33 Å². The first-order valence-corrected chi connectivity index (χ1v) is 6.90. The van der Waals surface area contributed by atoms with Gasteiger partial charge in [0.1, 0.15) is 17.8 Å². The summed E-state index contributed by atoms with van der Waals surface area (Å²) in [4.78, 5) is 8.15. The van der Waals surface area contributed by atoms with Gasteiger partial charge in [-0.05, 0) is 42.8 Å². The van der Waals surface area contributed by atoms with Gasteiger partial charge in [0.25, 0.3) is 0 Å². The first kappa shape index (κ1) is 13.6. The number of nitrogens with zero attached hydrogens (tertiary/aromatic N) is 2. The first-order valence-electron chi connectivity index (χ1n) is 6.53. The molecule has 4 heteroatoms. The van der Waals surface area contributed by atoms with E-state index >= 15 is 0 Å². The molecule has 3 rings (SSSR count). The average molecular weight is 297 g/mol. The molecular weight excluding hydrogens is 284 g/mol. The van der Waals surface area contributed by atoms with Crippen molar-refractivity contribution in [1.29, 1.82) is 0 Å². The predicted octanol–water partition coefficient (Wildman–Crippen LogP) is 4.90. The summed E-state index contributed by atoms with van der Waals surface area (Å²) in [6, 6.07) is 15.3. The molecule has 0 bridgehead atoms. The Balaban J connectivity index is 1.90. The zero-order valence-electron chi connectivity index (χ0n) is 11.5. The van der Waals surface area contributed by atoms with Gasteiger partial charge in [0.2, 0.25) is 0 Å². The second-order valence-corrected chi connectivity index (χ2v) is 5.07. The van der Waals surface area contributed by atoms with Crippen LogP contribution in [0.3, 0.4) is 0 Å². The van der Waals surface area contributed by atoms with E-state index in [1.807, 2.05) is 55.5 Å². The van der Waals surface area contributed by atoms with Gasteiger partial charge in [-0.15, -0.1) is 0 Å². The molecule has 3 aromatic rings. The Morgan fingerprint density at radius 2 is 1.95 bits per heavy atom. The maximum atomic E-state index is 6.19. The molecule has 0 unspecified atom stereocenters. The van der Waals surface area contributed by atoms with Gasteiger partial charge in [-0.1, -0.05) is 29.8 Å². The highest BCUT2D eigenvalue weighted by Gasteiger charge is 2.05.